The molecule has 0 heterocycles. The molecule has 0 aliphatic rings. The van der Waals surface area contributed by atoms with E-state index in [-0.39, 0.29) is 29.7 Å². The Kier molecular flexibility index (Phi) is 9.99. The van der Waals surface area contributed by atoms with Crippen molar-refractivity contribution >= 4 is 29.9 Å². The van der Waals surface area contributed by atoms with Crippen molar-refractivity contribution in [2.45, 2.75) is 33.2 Å². The van der Waals surface area contributed by atoms with Gasteiger partial charge in [0.05, 0.1) is 13.7 Å². The molecule has 3 N–H and O–H groups in total. The summed E-state index contributed by atoms with van der Waals surface area (Å²) < 4.78 is 5.21. The molecule has 6 heteroatoms. The van der Waals surface area contributed by atoms with Gasteiger partial charge in [-0.3, -0.25) is 0 Å². The van der Waals surface area contributed by atoms with Crippen molar-refractivity contribution in [1.29, 1.82) is 0 Å². The Morgan fingerprint density at radius 2 is 1.96 bits per heavy atom. The van der Waals surface area contributed by atoms with E-state index < -0.39 is 0 Å². The summed E-state index contributed by atoms with van der Waals surface area (Å²) in [6.45, 7) is 8.25. The molecule has 0 radical (unpaired) electrons. The molecule has 2 aromatic rings. The summed E-state index contributed by atoms with van der Waals surface area (Å²) >= 11 is 0. The maximum atomic E-state index is 10.0. The van der Waals surface area contributed by atoms with Gasteiger partial charge in [-0.15, -0.1) is 24.0 Å². The Hall–Kier alpha value is -1.96. The summed E-state index contributed by atoms with van der Waals surface area (Å²) in [4.78, 5) is 4.58. The zero-order valence-corrected chi connectivity index (χ0v) is 18.8. The van der Waals surface area contributed by atoms with E-state index >= 15 is 0 Å². The van der Waals surface area contributed by atoms with Crippen LogP contribution in [0.4, 0.5) is 0 Å². The number of rotatable bonds is 7. The van der Waals surface area contributed by atoms with Crippen LogP contribution in [-0.2, 0) is 6.54 Å². The Morgan fingerprint density at radius 1 is 1.19 bits per heavy atom. The van der Waals surface area contributed by atoms with Gasteiger partial charge in [-0.1, -0.05) is 36.8 Å². The highest BCUT2D eigenvalue weighted by Gasteiger charge is 2.08. The molecule has 0 saturated heterocycles. The number of aromatic hydroxyl groups is 1. The van der Waals surface area contributed by atoms with Gasteiger partial charge in [0.2, 0.25) is 0 Å². The van der Waals surface area contributed by atoms with E-state index in [1.807, 2.05) is 6.92 Å². The van der Waals surface area contributed by atoms with Crippen molar-refractivity contribution < 1.29 is 9.84 Å². The van der Waals surface area contributed by atoms with E-state index in [0.717, 1.165) is 24.6 Å². The smallest absolute Gasteiger partial charge is 0.191 e. The van der Waals surface area contributed by atoms with E-state index in [1.54, 1.807) is 25.3 Å². The maximum absolute atomic E-state index is 10.0. The molecule has 0 bridgehead atoms. The first-order valence-electron chi connectivity index (χ1n) is 8.98. The molecule has 0 aromatic heterocycles. The first-order chi connectivity index (χ1) is 12.5. The Labute approximate surface area is 179 Å². The Morgan fingerprint density at radius 3 is 2.63 bits per heavy atom. The fourth-order valence-corrected chi connectivity index (χ4v) is 2.67. The molecule has 1 unspecified atom stereocenters. The zero-order valence-electron chi connectivity index (χ0n) is 16.5. The first-order valence-corrected chi connectivity index (χ1v) is 8.98. The van der Waals surface area contributed by atoms with Crippen LogP contribution in [0.15, 0.2) is 47.5 Å². The summed E-state index contributed by atoms with van der Waals surface area (Å²) in [7, 11) is 1.61. The van der Waals surface area contributed by atoms with Crippen molar-refractivity contribution in [3.8, 4) is 11.5 Å². The fraction of sp³-hybridized carbons (Fsp3) is 0.381. The molecule has 148 valence electrons. The number of guanidine groups is 1. The van der Waals surface area contributed by atoms with Gasteiger partial charge in [-0.05, 0) is 43.5 Å². The van der Waals surface area contributed by atoms with Crippen LogP contribution < -0.4 is 15.4 Å². The van der Waals surface area contributed by atoms with E-state index in [2.05, 4.69) is 53.7 Å². The predicted octanol–water partition coefficient (Wildman–Crippen LogP) is 4.19. The SMILES string of the molecule is CCNC(=NCc1cc(OC)ccc1O)NCC(C)c1cccc(C)c1.I. The average Bonchev–Trinajstić information content (AvgIpc) is 2.64. The van der Waals surface area contributed by atoms with Crippen LogP contribution in [0.25, 0.3) is 0 Å². The molecule has 0 aliphatic carbocycles. The predicted molar refractivity (Wildman–Crippen MR) is 122 cm³/mol. The van der Waals surface area contributed by atoms with Crippen molar-refractivity contribution in [2.75, 3.05) is 20.2 Å². The minimum absolute atomic E-state index is 0. The number of nitrogens with zero attached hydrogens (tertiary/aromatic N) is 1. The number of halogens is 1. The third-order valence-corrected chi connectivity index (χ3v) is 4.23. The quantitative estimate of drug-likeness (QED) is 0.314. The van der Waals surface area contributed by atoms with Gasteiger partial charge in [-0.2, -0.15) is 0 Å². The van der Waals surface area contributed by atoms with E-state index in [4.69, 9.17) is 4.74 Å². The summed E-state index contributed by atoms with van der Waals surface area (Å²) in [5.74, 6) is 2.02. The largest absolute Gasteiger partial charge is 0.508 e. The normalized spacial score (nSPS) is 12.1. The second kappa shape index (κ2) is 11.7. The van der Waals surface area contributed by atoms with Crippen LogP contribution >= 0.6 is 24.0 Å². The van der Waals surface area contributed by atoms with E-state index in [0.29, 0.717) is 18.2 Å². The molecule has 27 heavy (non-hydrogen) atoms. The minimum Gasteiger partial charge on any atom is -0.508 e. The summed E-state index contributed by atoms with van der Waals surface area (Å²) in [5.41, 5.74) is 3.30. The van der Waals surface area contributed by atoms with Gasteiger partial charge in [0, 0.05) is 18.7 Å². The topological polar surface area (TPSA) is 65.9 Å². The molecule has 2 aromatic carbocycles. The number of hydrogen-bond donors (Lipinski definition) is 3. The third kappa shape index (κ3) is 7.28. The molecule has 0 aliphatic heterocycles. The molecule has 5 nitrogen and oxygen atoms in total. The lowest BCUT2D eigenvalue weighted by Gasteiger charge is -2.17. The number of aryl methyl sites for hydroxylation is 1. The van der Waals surface area contributed by atoms with Crippen LogP contribution in [0.1, 0.15) is 36.5 Å². The summed E-state index contributed by atoms with van der Waals surface area (Å²) in [6.07, 6.45) is 0. The first kappa shape index (κ1) is 23.1. The van der Waals surface area contributed by atoms with Crippen LogP contribution in [0.5, 0.6) is 11.5 Å². The highest BCUT2D eigenvalue weighted by atomic mass is 127. The van der Waals surface area contributed by atoms with E-state index in [9.17, 15) is 5.11 Å². The lowest BCUT2D eigenvalue weighted by Crippen LogP contribution is -2.39. The highest BCUT2D eigenvalue weighted by molar-refractivity contribution is 14.0. The van der Waals surface area contributed by atoms with Gasteiger partial charge in [0.1, 0.15) is 11.5 Å². The number of hydrogen-bond acceptors (Lipinski definition) is 3. The second-order valence-corrected chi connectivity index (χ2v) is 6.39. The number of ether oxygens (including phenoxy) is 1. The third-order valence-electron chi connectivity index (χ3n) is 4.23. The standard InChI is InChI=1S/C21H29N3O2.HI/c1-5-22-21(23-13-16(3)17-8-6-7-15(2)11-17)24-14-18-12-19(26-4)9-10-20(18)25;/h6-12,16,25H,5,13-14H2,1-4H3,(H2,22,23,24);1H. The van der Waals surface area contributed by atoms with Gasteiger partial charge >= 0.3 is 0 Å². The molecule has 0 fully saturated rings. The molecular formula is C21H30IN3O2. The summed E-state index contributed by atoms with van der Waals surface area (Å²) in [6, 6.07) is 13.7. The van der Waals surface area contributed by atoms with Gasteiger partial charge < -0.3 is 20.5 Å². The van der Waals surface area contributed by atoms with Crippen molar-refractivity contribution in [3.05, 3.63) is 59.2 Å². The number of nitrogens with one attached hydrogen (secondary N) is 2. The molecule has 1 atom stereocenters. The summed E-state index contributed by atoms with van der Waals surface area (Å²) in [5, 5.41) is 16.6. The molecular weight excluding hydrogens is 453 g/mol. The van der Waals surface area contributed by atoms with Crippen LogP contribution in [-0.4, -0.2) is 31.3 Å². The monoisotopic (exact) mass is 483 g/mol. The number of benzene rings is 2. The van der Waals surface area contributed by atoms with Gasteiger partial charge in [0.25, 0.3) is 0 Å². The molecule has 2 rings (SSSR count). The Balaban J connectivity index is 0.00000364. The van der Waals surface area contributed by atoms with Crippen LogP contribution in [0.2, 0.25) is 0 Å². The van der Waals surface area contributed by atoms with Crippen molar-refractivity contribution in [1.82, 2.24) is 10.6 Å². The lowest BCUT2D eigenvalue weighted by molar-refractivity contribution is 0.411. The molecule has 0 amide bonds. The second-order valence-electron chi connectivity index (χ2n) is 6.39. The fourth-order valence-electron chi connectivity index (χ4n) is 2.67. The molecule has 0 spiro atoms. The Bertz CT molecular complexity index is 750. The molecule has 0 saturated carbocycles. The number of methoxy groups -OCH3 is 1. The van der Waals surface area contributed by atoms with Crippen LogP contribution in [0.3, 0.4) is 0 Å². The maximum Gasteiger partial charge on any atom is 0.191 e. The number of phenols is 1. The highest BCUT2D eigenvalue weighted by Crippen LogP contribution is 2.23. The average molecular weight is 483 g/mol. The number of phenolic OH excluding ortho intramolecular Hbond substituents is 1. The zero-order chi connectivity index (χ0) is 18.9. The lowest BCUT2D eigenvalue weighted by atomic mass is 9.99. The van der Waals surface area contributed by atoms with Gasteiger partial charge in [0.15, 0.2) is 5.96 Å². The van der Waals surface area contributed by atoms with Crippen LogP contribution in [0, 0.1) is 6.92 Å². The van der Waals surface area contributed by atoms with E-state index in [1.165, 1.54) is 11.1 Å². The van der Waals surface area contributed by atoms with Crippen molar-refractivity contribution in [2.24, 2.45) is 4.99 Å². The van der Waals surface area contributed by atoms with Crippen molar-refractivity contribution in [3.63, 3.8) is 0 Å². The van der Waals surface area contributed by atoms with Gasteiger partial charge in [-0.25, -0.2) is 4.99 Å². The minimum atomic E-state index is 0. The number of aliphatic imine (C=N–C) groups is 1.